The van der Waals surface area contributed by atoms with E-state index in [1.165, 1.54) is 0 Å². The second kappa shape index (κ2) is 10.8. The molecule has 0 atom stereocenters. The number of hydrogen-bond donors (Lipinski definition) is 1. The monoisotopic (exact) mass is 489 g/mol. The number of nitrogens with one attached hydrogen (secondary N) is 1. The van der Waals surface area contributed by atoms with Crippen LogP contribution in [0.4, 0.5) is 17.1 Å². The predicted octanol–water partition coefficient (Wildman–Crippen LogP) is 3.34. The lowest BCUT2D eigenvalue weighted by Crippen LogP contribution is -2.41. The SMILES string of the molecule is CCOc1cc(N2CCOCC2)c(OCC)cc1NC(=O)CN1CC(=O)Oc2ccc(Cl)cc21. The van der Waals surface area contributed by atoms with Crippen LogP contribution >= 0.6 is 11.6 Å². The van der Waals surface area contributed by atoms with E-state index in [0.717, 1.165) is 18.8 Å². The molecule has 2 aromatic carbocycles. The summed E-state index contributed by atoms with van der Waals surface area (Å²) in [7, 11) is 0. The highest BCUT2D eigenvalue weighted by Crippen LogP contribution is 2.40. The lowest BCUT2D eigenvalue weighted by atomic mass is 10.2. The van der Waals surface area contributed by atoms with Crippen molar-refractivity contribution in [2.45, 2.75) is 13.8 Å². The number of carbonyl (C=O) groups excluding carboxylic acids is 2. The molecular weight excluding hydrogens is 462 g/mol. The number of amides is 1. The van der Waals surface area contributed by atoms with Gasteiger partial charge in [0.25, 0.3) is 0 Å². The van der Waals surface area contributed by atoms with Crippen LogP contribution in [0.15, 0.2) is 30.3 Å². The maximum Gasteiger partial charge on any atom is 0.331 e. The Balaban J connectivity index is 1.58. The molecule has 0 aliphatic carbocycles. The average Bonchev–Trinajstić information content (AvgIpc) is 2.82. The van der Waals surface area contributed by atoms with Gasteiger partial charge in [0, 0.05) is 30.2 Å². The van der Waals surface area contributed by atoms with Crippen LogP contribution in [0.25, 0.3) is 0 Å². The molecule has 2 heterocycles. The zero-order chi connectivity index (χ0) is 24.1. The fourth-order valence-electron chi connectivity index (χ4n) is 3.97. The number of anilines is 3. The van der Waals surface area contributed by atoms with Crippen LogP contribution in [0.3, 0.4) is 0 Å². The van der Waals surface area contributed by atoms with Crippen LogP contribution in [-0.2, 0) is 14.3 Å². The zero-order valence-electron chi connectivity index (χ0n) is 19.3. The van der Waals surface area contributed by atoms with Crippen LogP contribution in [0.2, 0.25) is 5.02 Å². The highest BCUT2D eigenvalue weighted by Gasteiger charge is 2.27. The van der Waals surface area contributed by atoms with Gasteiger partial charge in [0.2, 0.25) is 5.91 Å². The third-order valence-corrected chi connectivity index (χ3v) is 5.66. The number of rotatable bonds is 8. The number of benzene rings is 2. The second-order valence-corrected chi connectivity index (χ2v) is 8.21. The Bertz CT molecular complexity index is 1060. The molecule has 0 aromatic heterocycles. The molecule has 0 radical (unpaired) electrons. The van der Waals surface area contributed by atoms with Gasteiger partial charge in [-0.25, -0.2) is 4.79 Å². The number of ether oxygens (including phenoxy) is 4. The number of esters is 1. The Morgan fingerprint density at radius 3 is 2.53 bits per heavy atom. The van der Waals surface area contributed by atoms with Crippen molar-refractivity contribution in [1.29, 1.82) is 0 Å². The van der Waals surface area contributed by atoms with Crippen molar-refractivity contribution < 1.29 is 28.5 Å². The maximum absolute atomic E-state index is 13.0. The molecule has 34 heavy (non-hydrogen) atoms. The van der Waals surface area contributed by atoms with E-state index in [9.17, 15) is 9.59 Å². The molecule has 1 amide bonds. The number of carbonyl (C=O) groups is 2. The van der Waals surface area contributed by atoms with Crippen molar-refractivity contribution in [2.24, 2.45) is 0 Å². The van der Waals surface area contributed by atoms with Crippen molar-refractivity contribution in [3.63, 3.8) is 0 Å². The number of morpholine rings is 1. The van der Waals surface area contributed by atoms with Gasteiger partial charge in [-0.2, -0.15) is 0 Å². The number of hydrogen-bond acceptors (Lipinski definition) is 8. The minimum absolute atomic E-state index is 0.0563. The van der Waals surface area contributed by atoms with Crippen molar-refractivity contribution in [2.75, 3.05) is 67.7 Å². The van der Waals surface area contributed by atoms with Gasteiger partial charge >= 0.3 is 5.97 Å². The quantitative estimate of drug-likeness (QED) is 0.446. The molecule has 1 fully saturated rings. The topological polar surface area (TPSA) is 89.6 Å². The maximum atomic E-state index is 13.0. The van der Waals surface area contributed by atoms with E-state index in [2.05, 4.69) is 10.2 Å². The Labute approximate surface area is 203 Å². The molecule has 0 unspecified atom stereocenters. The molecule has 182 valence electrons. The van der Waals surface area contributed by atoms with Gasteiger partial charge in [-0.15, -0.1) is 0 Å². The summed E-state index contributed by atoms with van der Waals surface area (Å²) in [5.41, 5.74) is 1.98. The first-order chi connectivity index (χ1) is 16.5. The minimum Gasteiger partial charge on any atom is -0.492 e. The highest BCUT2D eigenvalue weighted by atomic mass is 35.5. The van der Waals surface area contributed by atoms with E-state index in [4.69, 9.17) is 30.5 Å². The number of halogens is 1. The van der Waals surface area contributed by atoms with Crippen LogP contribution < -0.4 is 29.3 Å². The van der Waals surface area contributed by atoms with Gasteiger partial charge in [-0.05, 0) is 32.0 Å². The van der Waals surface area contributed by atoms with Crippen molar-refractivity contribution >= 4 is 40.5 Å². The highest BCUT2D eigenvalue weighted by molar-refractivity contribution is 6.31. The lowest BCUT2D eigenvalue weighted by Gasteiger charge is -2.31. The zero-order valence-corrected chi connectivity index (χ0v) is 20.0. The Kier molecular flexibility index (Phi) is 7.64. The average molecular weight is 490 g/mol. The third-order valence-electron chi connectivity index (χ3n) is 5.43. The summed E-state index contributed by atoms with van der Waals surface area (Å²) in [6.07, 6.45) is 0. The Morgan fingerprint density at radius 2 is 1.79 bits per heavy atom. The Morgan fingerprint density at radius 1 is 1.06 bits per heavy atom. The molecule has 1 saturated heterocycles. The summed E-state index contributed by atoms with van der Waals surface area (Å²) >= 11 is 6.12. The van der Waals surface area contributed by atoms with E-state index < -0.39 is 5.97 Å². The van der Waals surface area contributed by atoms with E-state index in [1.807, 2.05) is 19.9 Å². The molecule has 2 aromatic rings. The Hall–Kier alpha value is -3.17. The molecular formula is C24H28ClN3O6. The lowest BCUT2D eigenvalue weighted by molar-refractivity contribution is -0.133. The summed E-state index contributed by atoms with van der Waals surface area (Å²) < 4.78 is 22.5. The smallest absolute Gasteiger partial charge is 0.331 e. The summed E-state index contributed by atoms with van der Waals surface area (Å²) in [5.74, 6) is 0.815. The molecule has 2 aliphatic rings. The second-order valence-electron chi connectivity index (χ2n) is 7.77. The molecule has 4 rings (SSSR count). The molecule has 0 spiro atoms. The first kappa shape index (κ1) is 24.0. The fraction of sp³-hybridized carbons (Fsp3) is 0.417. The predicted molar refractivity (Wildman–Crippen MR) is 130 cm³/mol. The van der Waals surface area contributed by atoms with Gasteiger partial charge in [-0.1, -0.05) is 11.6 Å². The molecule has 9 nitrogen and oxygen atoms in total. The first-order valence-electron chi connectivity index (χ1n) is 11.3. The summed E-state index contributed by atoms with van der Waals surface area (Å²) in [6, 6.07) is 8.60. The van der Waals surface area contributed by atoms with E-state index in [0.29, 0.717) is 60.1 Å². The summed E-state index contributed by atoms with van der Waals surface area (Å²) in [5, 5.41) is 3.40. The van der Waals surface area contributed by atoms with E-state index >= 15 is 0 Å². The van der Waals surface area contributed by atoms with Gasteiger partial charge < -0.3 is 34.1 Å². The van der Waals surface area contributed by atoms with Gasteiger partial charge in [-0.3, -0.25) is 4.79 Å². The standard InChI is InChI=1S/C24H28ClN3O6/c1-3-32-21-13-19(27-7-9-31-10-8-27)22(33-4-2)12-17(21)26-23(29)14-28-15-24(30)34-20-6-5-16(25)11-18(20)28/h5-6,11-13H,3-4,7-10,14-15H2,1-2H3,(H,26,29). The van der Waals surface area contributed by atoms with E-state index in [1.54, 1.807) is 29.2 Å². The fourth-order valence-corrected chi connectivity index (χ4v) is 4.13. The molecule has 10 heteroatoms. The first-order valence-corrected chi connectivity index (χ1v) is 11.7. The molecule has 0 bridgehead atoms. The largest absolute Gasteiger partial charge is 0.492 e. The third kappa shape index (κ3) is 5.48. The van der Waals surface area contributed by atoms with Gasteiger partial charge in [0.05, 0.1) is 50.0 Å². The summed E-state index contributed by atoms with van der Waals surface area (Å²) in [4.78, 5) is 28.9. The van der Waals surface area contributed by atoms with Crippen LogP contribution in [0, 0.1) is 0 Å². The molecule has 2 aliphatic heterocycles. The van der Waals surface area contributed by atoms with Crippen molar-refractivity contribution in [3.05, 3.63) is 35.4 Å². The normalized spacial score (nSPS) is 15.4. The van der Waals surface area contributed by atoms with Gasteiger partial charge in [0.1, 0.15) is 18.0 Å². The minimum atomic E-state index is -0.439. The van der Waals surface area contributed by atoms with Gasteiger partial charge in [0.15, 0.2) is 5.75 Å². The van der Waals surface area contributed by atoms with Crippen LogP contribution in [0.5, 0.6) is 17.2 Å². The van der Waals surface area contributed by atoms with Crippen LogP contribution in [-0.4, -0.2) is 64.5 Å². The summed E-state index contributed by atoms with van der Waals surface area (Å²) in [6.45, 7) is 7.34. The molecule has 0 saturated carbocycles. The van der Waals surface area contributed by atoms with E-state index in [-0.39, 0.29) is 19.0 Å². The number of fused-ring (bicyclic) bond motifs is 1. The van der Waals surface area contributed by atoms with Crippen LogP contribution in [0.1, 0.15) is 13.8 Å². The van der Waals surface area contributed by atoms with Crippen molar-refractivity contribution in [3.8, 4) is 17.2 Å². The molecule has 1 N–H and O–H groups in total. The number of nitrogens with zero attached hydrogens (tertiary/aromatic N) is 2. The van der Waals surface area contributed by atoms with Crippen molar-refractivity contribution in [1.82, 2.24) is 0 Å².